The predicted molar refractivity (Wildman–Crippen MR) is 98.2 cm³/mol. The van der Waals surface area contributed by atoms with E-state index in [1.54, 1.807) is 19.9 Å². The molecule has 9 heteroatoms. The van der Waals surface area contributed by atoms with Crippen molar-refractivity contribution in [3.05, 3.63) is 58.3 Å². The molecule has 0 unspecified atom stereocenters. The van der Waals surface area contributed by atoms with Crippen LogP contribution in [0.15, 0.2) is 41.2 Å². The summed E-state index contributed by atoms with van der Waals surface area (Å²) in [5.74, 6) is -1.51. The van der Waals surface area contributed by atoms with Crippen LogP contribution in [0.2, 0.25) is 0 Å². The van der Waals surface area contributed by atoms with Crippen LogP contribution in [-0.2, 0) is 0 Å². The number of hydrogen-bond acceptors (Lipinski definition) is 6. The predicted octanol–water partition coefficient (Wildman–Crippen LogP) is 1.77. The molecule has 0 saturated carbocycles. The number of nitrogen functional groups attached to an aromatic ring is 1. The van der Waals surface area contributed by atoms with Crippen LogP contribution in [0.1, 0.15) is 30.4 Å². The molecule has 138 valence electrons. The fraction of sp³-hybridized carbons (Fsp3) is 0.167. The summed E-state index contributed by atoms with van der Waals surface area (Å²) >= 11 is 0. The Morgan fingerprint density at radius 3 is 2.52 bits per heavy atom. The van der Waals surface area contributed by atoms with E-state index in [0.29, 0.717) is 5.56 Å². The number of carbonyl (C=O) groups is 1. The Hall–Kier alpha value is -3.62. The van der Waals surface area contributed by atoms with Gasteiger partial charge in [0.15, 0.2) is 11.5 Å². The van der Waals surface area contributed by atoms with Gasteiger partial charge in [0.05, 0.1) is 6.04 Å². The van der Waals surface area contributed by atoms with Crippen LogP contribution in [0.3, 0.4) is 0 Å². The number of anilines is 1. The van der Waals surface area contributed by atoms with Gasteiger partial charge in [-0.05, 0) is 32.0 Å². The molecule has 0 atom stereocenters. The van der Waals surface area contributed by atoms with E-state index in [0.717, 1.165) is 0 Å². The fourth-order valence-corrected chi connectivity index (χ4v) is 2.57. The van der Waals surface area contributed by atoms with E-state index < -0.39 is 11.7 Å². The molecule has 8 nitrogen and oxygen atoms in total. The number of halogens is 1. The summed E-state index contributed by atoms with van der Waals surface area (Å²) in [4.78, 5) is 32.0. The highest BCUT2D eigenvalue weighted by atomic mass is 19.1. The third-order valence-corrected chi connectivity index (χ3v) is 3.81. The molecule has 4 N–H and O–H groups in total. The maximum atomic E-state index is 13.7. The Kier molecular flexibility index (Phi) is 4.68. The second-order valence-electron chi connectivity index (χ2n) is 6.12. The number of hydrogen-bond donors (Lipinski definition) is 2. The lowest BCUT2D eigenvalue weighted by Gasteiger charge is -2.13. The SMILES string of the molecule is CC(C)n1nc(-c2nc(C(N)=O)c(N)nc2-c2cccc(F)c2)ccc1=O. The van der Waals surface area contributed by atoms with Crippen molar-refractivity contribution in [2.24, 2.45) is 5.73 Å². The van der Waals surface area contributed by atoms with Crippen molar-refractivity contribution in [2.75, 3.05) is 5.73 Å². The lowest BCUT2D eigenvalue weighted by atomic mass is 10.1. The summed E-state index contributed by atoms with van der Waals surface area (Å²) in [5, 5.41) is 4.30. The van der Waals surface area contributed by atoms with Gasteiger partial charge in [-0.3, -0.25) is 9.59 Å². The summed E-state index contributed by atoms with van der Waals surface area (Å²) < 4.78 is 15.0. The molecular formula is C18H17FN6O2. The third-order valence-electron chi connectivity index (χ3n) is 3.81. The average Bonchev–Trinajstić information content (AvgIpc) is 2.61. The molecule has 3 rings (SSSR count). The molecule has 0 aliphatic rings. The van der Waals surface area contributed by atoms with Crippen molar-refractivity contribution in [3.8, 4) is 22.6 Å². The zero-order valence-corrected chi connectivity index (χ0v) is 14.7. The molecule has 3 aromatic rings. The van der Waals surface area contributed by atoms with Gasteiger partial charge in [0.1, 0.15) is 22.9 Å². The second-order valence-corrected chi connectivity index (χ2v) is 6.12. The van der Waals surface area contributed by atoms with Crippen molar-refractivity contribution in [1.29, 1.82) is 0 Å². The van der Waals surface area contributed by atoms with Gasteiger partial charge in [0.25, 0.3) is 11.5 Å². The smallest absolute Gasteiger partial charge is 0.271 e. The molecule has 0 radical (unpaired) electrons. The van der Waals surface area contributed by atoms with Crippen LogP contribution in [0.25, 0.3) is 22.6 Å². The highest BCUT2D eigenvalue weighted by Gasteiger charge is 2.20. The standard InChI is InChI=1S/C18H17FN6O2/c1-9(2)25-13(26)7-6-12(24-25)15-14(10-4-3-5-11(19)8-10)23-17(20)16(22-15)18(21)27/h3-9H,1-2H3,(H2,20,23)(H2,21,27). The minimum absolute atomic E-state index is 0.165. The van der Waals surface area contributed by atoms with Crippen molar-refractivity contribution < 1.29 is 9.18 Å². The zero-order valence-electron chi connectivity index (χ0n) is 14.7. The van der Waals surface area contributed by atoms with E-state index in [-0.39, 0.29) is 40.2 Å². The number of aromatic nitrogens is 4. The van der Waals surface area contributed by atoms with Crippen LogP contribution in [0.5, 0.6) is 0 Å². The Balaban J connectivity index is 2.33. The van der Waals surface area contributed by atoms with Crippen LogP contribution in [-0.4, -0.2) is 25.7 Å². The van der Waals surface area contributed by atoms with Crippen LogP contribution < -0.4 is 17.0 Å². The Morgan fingerprint density at radius 2 is 1.89 bits per heavy atom. The minimum atomic E-state index is -0.857. The van der Waals surface area contributed by atoms with Crippen LogP contribution in [0.4, 0.5) is 10.2 Å². The summed E-state index contributed by atoms with van der Waals surface area (Å²) in [7, 11) is 0. The number of carbonyl (C=O) groups excluding carboxylic acids is 1. The quantitative estimate of drug-likeness (QED) is 0.722. The van der Waals surface area contributed by atoms with E-state index in [1.807, 2.05) is 0 Å². The fourth-order valence-electron chi connectivity index (χ4n) is 2.57. The Labute approximate surface area is 153 Å². The molecule has 0 saturated heterocycles. The van der Waals surface area contributed by atoms with Crippen molar-refractivity contribution in [3.63, 3.8) is 0 Å². The summed E-state index contributed by atoms with van der Waals surface area (Å²) in [6, 6.07) is 8.26. The minimum Gasteiger partial charge on any atom is -0.382 e. The van der Waals surface area contributed by atoms with Gasteiger partial charge in [-0.25, -0.2) is 19.0 Å². The van der Waals surface area contributed by atoms with Crippen molar-refractivity contribution in [2.45, 2.75) is 19.9 Å². The molecule has 1 aromatic carbocycles. The highest BCUT2D eigenvalue weighted by molar-refractivity contribution is 5.96. The number of benzene rings is 1. The number of nitrogens with two attached hydrogens (primary N) is 2. The van der Waals surface area contributed by atoms with E-state index in [4.69, 9.17) is 11.5 Å². The van der Waals surface area contributed by atoms with E-state index in [9.17, 15) is 14.0 Å². The normalized spacial score (nSPS) is 11.0. The largest absolute Gasteiger partial charge is 0.382 e. The maximum absolute atomic E-state index is 13.7. The van der Waals surface area contributed by atoms with Gasteiger partial charge in [0, 0.05) is 11.6 Å². The van der Waals surface area contributed by atoms with Crippen molar-refractivity contribution >= 4 is 11.7 Å². The molecule has 0 bridgehead atoms. The first-order valence-electron chi connectivity index (χ1n) is 8.11. The third kappa shape index (κ3) is 3.52. The summed E-state index contributed by atoms with van der Waals surface area (Å²) in [6.45, 7) is 3.60. The zero-order chi connectivity index (χ0) is 19.7. The van der Waals surface area contributed by atoms with Gasteiger partial charge in [-0.1, -0.05) is 12.1 Å². The molecule has 2 aromatic heterocycles. The molecule has 0 fully saturated rings. The second kappa shape index (κ2) is 6.94. The molecule has 0 aliphatic carbocycles. The van der Waals surface area contributed by atoms with E-state index in [1.165, 1.54) is 35.0 Å². The number of primary amides is 1. The number of amides is 1. The number of nitrogens with zero attached hydrogens (tertiary/aromatic N) is 4. The Bertz CT molecular complexity index is 1090. The van der Waals surface area contributed by atoms with E-state index in [2.05, 4.69) is 15.1 Å². The Morgan fingerprint density at radius 1 is 1.15 bits per heavy atom. The van der Waals surface area contributed by atoms with Gasteiger partial charge in [-0.15, -0.1) is 0 Å². The lowest BCUT2D eigenvalue weighted by Crippen LogP contribution is -2.24. The molecule has 2 heterocycles. The van der Waals surface area contributed by atoms with Crippen LogP contribution in [0, 0.1) is 5.82 Å². The first-order valence-corrected chi connectivity index (χ1v) is 8.11. The number of rotatable bonds is 4. The molecule has 0 spiro atoms. The monoisotopic (exact) mass is 368 g/mol. The highest BCUT2D eigenvalue weighted by Crippen LogP contribution is 2.29. The first kappa shape index (κ1) is 18.2. The lowest BCUT2D eigenvalue weighted by molar-refractivity contribution is 0.0996. The topological polar surface area (TPSA) is 130 Å². The first-order chi connectivity index (χ1) is 12.8. The molecule has 0 aliphatic heterocycles. The van der Waals surface area contributed by atoms with Crippen LogP contribution >= 0.6 is 0 Å². The molecule has 27 heavy (non-hydrogen) atoms. The average molecular weight is 368 g/mol. The van der Waals surface area contributed by atoms with Gasteiger partial charge in [0.2, 0.25) is 0 Å². The van der Waals surface area contributed by atoms with E-state index >= 15 is 0 Å². The van der Waals surface area contributed by atoms with Crippen molar-refractivity contribution in [1.82, 2.24) is 19.7 Å². The van der Waals surface area contributed by atoms with Gasteiger partial charge in [-0.2, -0.15) is 5.10 Å². The molecular weight excluding hydrogens is 351 g/mol. The summed E-state index contributed by atoms with van der Waals surface area (Å²) in [5.41, 5.74) is 11.7. The van der Waals surface area contributed by atoms with Gasteiger partial charge >= 0.3 is 0 Å². The summed E-state index contributed by atoms with van der Waals surface area (Å²) in [6.07, 6.45) is 0. The molecule has 1 amide bonds. The van der Waals surface area contributed by atoms with Gasteiger partial charge < -0.3 is 11.5 Å². The maximum Gasteiger partial charge on any atom is 0.271 e.